The topological polar surface area (TPSA) is 29.5 Å². The molecule has 0 bridgehead atoms. The van der Waals surface area contributed by atoms with Gasteiger partial charge in [-0.2, -0.15) is 0 Å². The lowest BCUT2D eigenvalue weighted by atomic mass is 9.94. The molecule has 1 unspecified atom stereocenters. The van der Waals surface area contributed by atoms with Crippen LogP contribution in [-0.2, 0) is 9.53 Å². The van der Waals surface area contributed by atoms with Crippen molar-refractivity contribution >= 4 is 5.91 Å². The van der Waals surface area contributed by atoms with E-state index < -0.39 is 0 Å². The highest BCUT2D eigenvalue weighted by atomic mass is 16.5. The Hall–Kier alpha value is -0.830. The highest BCUT2D eigenvalue weighted by molar-refractivity contribution is 5.88. The molecule has 0 aliphatic carbocycles. The molecular formula is C19H35NO2. The Balaban J connectivity index is 2.17. The summed E-state index contributed by atoms with van der Waals surface area (Å²) in [6, 6.07) is 0. The fourth-order valence-electron chi connectivity index (χ4n) is 2.91. The van der Waals surface area contributed by atoms with Gasteiger partial charge in [0.2, 0.25) is 5.91 Å². The smallest absolute Gasteiger partial charge is 0.246 e. The van der Waals surface area contributed by atoms with Gasteiger partial charge >= 0.3 is 0 Å². The molecule has 22 heavy (non-hydrogen) atoms. The van der Waals surface area contributed by atoms with Crippen LogP contribution < -0.4 is 0 Å². The van der Waals surface area contributed by atoms with E-state index in [9.17, 15) is 4.79 Å². The largest absolute Gasteiger partial charge is 0.378 e. The molecule has 0 aromatic heterocycles. The number of rotatable bonds is 9. The summed E-state index contributed by atoms with van der Waals surface area (Å²) >= 11 is 0. The van der Waals surface area contributed by atoms with Crippen LogP contribution >= 0.6 is 0 Å². The van der Waals surface area contributed by atoms with Gasteiger partial charge in [0.05, 0.1) is 13.2 Å². The fourth-order valence-corrected chi connectivity index (χ4v) is 2.91. The second-order valence-electron chi connectivity index (χ2n) is 7.25. The van der Waals surface area contributed by atoms with Crippen LogP contribution in [0.3, 0.4) is 0 Å². The molecule has 1 heterocycles. The van der Waals surface area contributed by atoms with Gasteiger partial charge in [0.15, 0.2) is 0 Å². The normalized spacial score (nSPS) is 17.9. The third kappa shape index (κ3) is 8.57. The van der Waals surface area contributed by atoms with Crippen molar-refractivity contribution in [1.82, 2.24) is 4.90 Å². The monoisotopic (exact) mass is 309 g/mol. The zero-order valence-corrected chi connectivity index (χ0v) is 15.1. The summed E-state index contributed by atoms with van der Waals surface area (Å²) in [7, 11) is 0. The van der Waals surface area contributed by atoms with Crippen LogP contribution in [0.4, 0.5) is 0 Å². The van der Waals surface area contributed by atoms with Crippen LogP contribution in [0.1, 0.15) is 66.2 Å². The Morgan fingerprint density at radius 3 is 2.36 bits per heavy atom. The van der Waals surface area contributed by atoms with Gasteiger partial charge in [0, 0.05) is 19.2 Å². The van der Waals surface area contributed by atoms with Crippen molar-refractivity contribution in [2.75, 3.05) is 26.3 Å². The summed E-state index contributed by atoms with van der Waals surface area (Å²) in [5, 5.41) is 0. The van der Waals surface area contributed by atoms with Crippen molar-refractivity contribution in [2.45, 2.75) is 66.2 Å². The molecule has 0 saturated carbocycles. The molecule has 3 heteroatoms. The summed E-state index contributed by atoms with van der Waals surface area (Å²) in [5.74, 6) is 1.79. The maximum absolute atomic E-state index is 12.1. The van der Waals surface area contributed by atoms with Crippen molar-refractivity contribution in [2.24, 2.45) is 11.8 Å². The highest BCUT2D eigenvalue weighted by Crippen LogP contribution is 2.19. The van der Waals surface area contributed by atoms with E-state index in [0.29, 0.717) is 13.2 Å². The van der Waals surface area contributed by atoms with E-state index in [1.807, 2.05) is 11.0 Å². The van der Waals surface area contributed by atoms with Crippen LogP contribution in [0.25, 0.3) is 0 Å². The van der Waals surface area contributed by atoms with Gasteiger partial charge < -0.3 is 9.64 Å². The van der Waals surface area contributed by atoms with Gasteiger partial charge in [-0.1, -0.05) is 52.0 Å². The predicted molar refractivity (Wildman–Crippen MR) is 92.9 cm³/mol. The molecular weight excluding hydrogens is 274 g/mol. The molecule has 0 aromatic carbocycles. The van der Waals surface area contributed by atoms with E-state index in [-0.39, 0.29) is 5.91 Å². The SMILES string of the molecule is C/C(=C\C(=O)N1CCOCC1)CCCC(C)CCCC(C)C. The Morgan fingerprint density at radius 2 is 1.73 bits per heavy atom. The summed E-state index contributed by atoms with van der Waals surface area (Å²) in [4.78, 5) is 14.0. The Morgan fingerprint density at radius 1 is 1.09 bits per heavy atom. The van der Waals surface area contributed by atoms with E-state index in [4.69, 9.17) is 4.74 Å². The Bertz CT molecular complexity index is 343. The van der Waals surface area contributed by atoms with Crippen LogP contribution in [0.5, 0.6) is 0 Å². The molecule has 1 aliphatic rings. The molecule has 0 aromatic rings. The highest BCUT2D eigenvalue weighted by Gasteiger charge is 2.14. The van der Waals surface area contributed by atoms with Crippen molar-refractivity contribution < 1.29 is 9.53 Å². The van der Waals surface area contributed by atoms with Gasteiger partial charge in [-0.15, -0.1) is 0 Å². The van der Waals surface area contributed by atoms with Crippen LogP contribution in [0.15, 0.2) is 11.6 Å². The minimum Gasteiger partial charge on any atom is -0.378 e. The Kier molecular flexibility index (Phi) is 9.45. The molecule has 0 spiro atoms. The van der Waals surface area contributed by atoms with E-state index in [1.54, 1.807) is 0 Å². The fraction of sp³-hybridized carbons (Fsp3) is 0.842. The van der Waals surface area contributed by atoms with Crippen molar-refractivity contribution in [3.63, 3.8) is 0 Å². The molecule has 1 fully saturated rings. The molecule has 0 radical (unpaired) electrons. The lowest BCUT2D eigenvalue weighted by Gasteiger charge is -2.25. The second-order valence-corrected chi connectivity index (χ2v) is 7.25. The minimum atomic E-state index is 0.158. The molecule has 0 N–H and O–H groups in total. The minimum absolute atomic E-state index is 0.158. The van der Waals surface area contributed by atoms with E-state index in [1.165, 1.54) is 37.7 Å². The first-order valence-corrected chi connectivity index (χ1v) is 9.03. The van der Waals surface area contributed by atoms with Crippen LogP contribution in [-0.4, -0.2) is 37.1 Å². The Labute approximate surface area is 137 Å². The number of hydrogen-bond donors (Lipinski definition) is 0. The quantitative estimate of drug-likeness (QED) is 0.590. The summed E-state index contributed by atoms with van der Waals surface area (Å²) in [5.41, 5.74) is 1.21. The molecule has 1 aliphatic heterocycles. The zero-order chi connectivity index (χ0) is 16.4. The van der Waals surface area contributed by atoms with Gasteiger partial charge in [0.25, 0.3) is 0 Å². The summed E-state index contributed by atoms with van der Waals surface area (Å²) in [6.07, 6.45) is 9.38. The summed E-state index contributed by atoms with van der Waals surface area (Å²) < 4.78 is 5.28. The second kappa shape index (κ2) is 10.8. The van der Waals surface area contributed by atoms with Crippen LogP contribution in [0, 0.1) is 11.8 Å². The van der Waals surface area contributed by atoms with Crippen molar-refractivity contribution in [3.05, 3.63) is 11.6 Å². The van der Waals surface area contributed by atoms with Crippen molar-refractivity contribution in [3.8, 4) is 0 Å². The number of ether oxygens (including phenoxy) is 1. The lowest BCUT2D eigenvalue weighted by molar-refractivity contribution is -0.130. The number of carbonyl (C=O) groups is 1. The predicted octanol–water partition coefficient (Wildman–Crippen LogP) is 4.42. The first kappa shape index (κ1) is 19.2. The summed E-state index contributed by atoms with van der Waals surface area (Å²) in [6.45, 7) is 11.8. The third-order valence-electron chi connectivity index (χ3n) is 4.44. The molecule has 1 amide bonds. The van der Waals surface area contributed by atoms with E-state index in [2.05, 4.69) is 27.7 Å². The van der Waals surface area contributed by atoms with Gasteiger partial charge in [-0.3, -0.25) is 4.79 Å². The zero-order valence-electron chi connectivity index (χ0n) is 15.1. The number of morpholine rings is 1. The number of nitrogens with zero attached hydrogens (tertiary/aromatic N) is 1. The lowest BCUT2D eigenvalue weighted by Crippen LogP contribution is -2.39. The third-order valence-corrected chi connectivity index (χ3v) is 4.44. The molecule has 1 rings (SSSR count). The first-order valence-electron chi connectivity index (χ1n) is 9.03. The number of amides is 1. The maximum atomic E-state index is 12.1. The maximum Gasteiger partial charge on any atom is 0.246 e. The van der Waals surface area contributed by atoms with E-state index >= 15 is 0 Å². The number of hydrogen-bond acceptors (Lipinski definition) is 2. The molecule has 1 saturated heterocycles. The van der Waals surface area contributed by atoms with Gasteiger partial charge in [0.1, 0.15) is 0 Å². The van der Waals surface area contributed by atoms with Crippen molar-refractivity contribution in [1.29, 1.82) is 0 Å². The average molecular weight is 309 g/mol. The standard InChI is InChI=1S/C19H35NO2/c1-16(2)7-5-8-17(3)9-6-10-18(4)15-19(21)20-11-13-22-14-12-20/h15-17H,5-14H2,1-4H3/b18-15+. The molecule has 128 valence electrons. The van der Waals surface area contributed by atoms with Crippen LogP contribution in [0.2, 0.25) is 0 Å². The van der Waals surface area contributed by atoms with Gasteiger partial charge in [-0.05, 0) is 31.6 Å². The first-order chi connectivity index (χ1) is 10.5. The van der Waals surface area contributed by atoms with E-state index in [0.717, 1.165) is 31.3 Å². The molecule has 1 atom stereocenters. The van der Waals surface area contributed by atoms with Gasteiger partial charge in [-0.25, -0.2) is 0 Å². The average Bonchev–Trinajstić information content (AvgIpc) is 2.47. The number of carbonyl (C=O) groups excluding carboxylic acids is 1. The molecule has 3 nitrogen and oxygen atoms in total. The number of allylic oxidation sites excluding steroid dienone is 1.